The predicted molar refractivity (Wildman–Crippen MR) is 71.6 cm³/mol. The number of likely N-dealkylation sites (N-methyl/N-ethyl adjacent to an activating group) is 1. The molecule has 0 radical (unpaired) electrons. The van der Waals surface area contributed by atoms with Gasteiger partial charge in [-0.1, -0.05) is 28.1 Å². The molecule has 1 heterocycles. The SMILES string of the molecule is CN[C@H](CN1CCCC1)c1cccc(Br)c1. The normalized spacial score (nSPS) is 18.9. The van der Waals surface area contributed by atoms with Gasteiger partial charge >= 0.3 is 0 Å². The van der Waals surface area contributed by atoms with Crippen molar-refractivity contribution in [2.75, 3.05) is 26.7 Å². The Balaban J connectivity index is 2.03. The summed E-state index contributed by atoms with van der Waals surface area (Å²) in [7, 11) is 2.04. The van der Waals surface area contributed by atoms with Crippen LogP contribution in [-0.2, 0) is 0 Å². The Kier molecular flexibility index (Phi) is 4.38. The Hall–Kier alpha value is -0.380. The summed E-state index contributed by atoms with van der Waals surface area (Å²) in [6.07, 6.45) is 2.71. The van der Waals surface area contributed by atoms with Crippen LogP contribution in [0.5, 0.6) is 0 Å². The van der Waals surface area contributed by atoms with Gasteiger partial charge in [-0.3, -0.25) is 0 Å². The highest BCUT2D eigenvalue weighted by atomic mass is 79.9. The van der Waals surface area contributed by atoms with Crippen molar-refractivity contribution >= 4 is 15.9 Å². The third kappa shape index (κ3) is 3.06. The molecule has 1 aromatic carbocycles. The molecule has 88 valence electrons. The highest BCUT2D eigenvalue weighted by Crippen LogP contribution is 2.20. The van der Waals surface area contributed by atoms with E-state index in [2.05, 4.69) is 50.4 Å². The highest BCUT2D eigenvalue weighted by molar-refractivity contribution is 9.10. The van der Waals surface area contributed by atoms with E-state index < -0.39 is 0 Å². The van der Waals surface area contributed by atoms with Gasteiger partial charge in [-0.25, -0.2) is 0 Å². The molecule has 16 heavy (non-hydrogen) atoms. The standard InChI is InChI=1S/C13H19BrN2/c1-15-13(10-16-7-2-3-8-16)11-5-4-6-12(14)9-11/h4-6,9,13,15H,2-3,7-8,10H2,1H3/t13-/m1/s1. The van der Waals surface area contributed by atoms with E-state index in [0.717, 1.165) is 11.0 Å². The molecule has 2 nitrogen and oxygen atoms in total. The van der Waals surface area contributed by atoms with Crippen LogP contribution in [0.1, 0.15) is 24.4 Å². The first-order chi connectivity index (χ1) is 7.79. The third-order valence-corrected chi connectivity index (χ3v) is 3.73. The zero-order valence-electron chi connectivity index (χ0n) is 9.75. The lowest BCUT2D eigenvalue weighted by molar-refractivity contribution is 0.299. The summed E-state index contributed by atoms with van der Waals surface area (Å²) in [6.45, 7) is 3.63. The minimum Gasteiger partial charge on any atom is -0.312 e. The van der Waals surface area contributed by atoms with E-state index in [9.17, 15) is 0 Å². The van der Waals surface area contributed by atoms with Gasteiger partial charge in [0.25, 0.3) is 0 Å². The molecule has 0 amide bonds. The second kappa shape index (κ2) is 5.80. The summed E-state index contributed by atoms with van der Waals surface area (Å²) in [5.41, 5.74) is 1.36. The molecule has 0 bridgehead atoms. The summed E-state index contributed by atoms with van der Waals surface area (Å²) in [4.78, 5) is 2.54. The number of halogens is 1. The van der Waals surface area contributed by atoms with Crippen molar-refractivity contribution in [1.29, 1.82) is 0 Å². The van der Waals surface area contributed by atoms with E-state index >= 15 is 0 Å². The average Bonchev–Trinajstić information content (AvgIpc) is 2.78. The molecule has 2 rings (SSSR count). The Bertz CT molecular complexity index is 334. The summed E-state index contributed by atoms with van der Waals surface area (Å²) in [6, 6.07) is 9.02. The van der Waals surface area contributed by atoms with Crippen LogP contribution in [0, 0.1) is 0 Å². The molecule has 0 spiro atoms. The van der Waals surface area contributed by atoms with Crippen LogP contribution in [0.2, 0.25) is 0 Å². The lowest BCUT2D eigenvalue weighted by Gasteiger charge is -2.23. The van der Waals surface area contributed by atoms with Gasteiger partial charge in [0.05, 0.1) is 0 Å². The van der Waals surface area contributed by atoms with E-state index in [1.165, 1.54) is 31.5 Å². The summed E-state index contributed by atoms with van der Waals surface area (Å²) in [5.74, 6) is 0. The zero-order chi connectivity index (χ0) is 11.4. The first-order valence-corrected chi connectivity index (χ1v) is 6.74. The number of nitrogens with one attached hydrogen (secondary N) is 1. The van der Waals surface area contributed by atoms with Crippen molar-refractivity contribution in [3.63, 3.8) is 0 Å². The van der Waals surface area contributed by atoms with Gasteiger partial charge in [-0.2, -0.15) is 0 Å². The molecule has 0 aromatic heterocycles. The Morgan fingerprint density at radius 2 is 2.12 bits per heavy atom. The molecule has 1 aromatic rings. The second-order valence-corrected chi connectivity index (χ2v) is 5.32. The van der Waals surface area contributed by atoms with Crippen molar-refractivity contribution in [2.24, 2.45) is 0 Å². The largest absolute Gasteiger partial charge is 0.312 e. The predicted octanol–water partition coefficient (Wildman–Crippen LogP) is 2.81. The quantitative estimate of drug-likeness (QED) is 0.914. The van der Waals surface area contributed by atoms with E-state index in [4.69, 9.17) is 0 Å². The molecule has 1 aliphatic heterocycles. The maximum absolute atomic E-state index is 3.53. The van der Waals surface area contributed by atoms with Gasteiger partial charge in [0.15, 0.2) is 0 Å². The zero-order valence-corrected chi connectivity index (χ0v) is 11.3. The maximum Gasteiger partial charge on any atom is 0.0447 e. The van der Waals surface area contributed by atoms with Crippen LogP contribution < -0.4 is 5.32 Å². The minimum absolute atomic E-state index is 0.440. The van der Waals surface area contributed by atoms with Crippen molar-refractivity contribution in [2.45, 2.75) is 18.9 Å². The van der Waals surface area contributed by atoms with Crippen LogP contribution in [-0.4, -0.2) is 31.6 Å². The number of rotatable bonds is 4. The van der Waals surface area contributed by atoms with Crippen LogP contribution >= 0.6 is 15.9 Å². The molecule has 1 aliphatic rings. The van der Waals surface area contributed by atoms with E-state index in [0.29, 0.717) is 6.04 Å². The summed E-state index contributed by atoms with van der Waals surface area (Å²) >= 11 is 3.53. The molecule has 1 fully saturated rings. The Morgan fingerprint density at radius 1 is 1.38 bits per heavy atom. The third-order valence-electron chi connectivity index (χ3n) is 3.24. The highest BCUT2D eigenvalue weighted by Gasteiger charge is 2.17. The van der Waals surface area contributed by atoms with E-state index in [1.807, 2.05) is 7.05 Å². The van der Waals surface area contributed by atoms with Gasteiger partial charge in [-0.05, 0) is 50.7 Å². The summed E-state index contributed by atoms with van der Waals surface area (Å²) in [5, 5.41) is 3.41. The molecule has 0 aliphatic carbocycles. The Morgan fingerprint density at radius 3 is 2.75 bits per heavy atom. The molecule has 1 atom stereocenters. The second-order valence-electron chi connectivity index (χ2n) is 4.40. The first kappa shape index (κ1) is 12.1. The number of hydrogen-bond donors (Lipinski definition) is 1. The Labute approximate surface area is 106 Å². The fourth-order valence-electron chi connectivity index (χ4n) is 2.31. The lowest BCUT2D eigenvalue weighted by atomic mass is 10.1. The fraction of sp³-hybridized carbons (Fsp3) is 0.538. The molecule has 0 saturated carbocycles. The first-order valence-electron chi connectivity index (χ1n) is 5.94. The van der Waals surface area contributed by atoms with Crippen LogP contribution in [0.25, 0.3) is 0 Å². The van der Waals surface area contributed by atoms with Crippen molar-refractivity contribution in [3.05, 3.63) is 34.3 Å². The van der Waals surface area contributed by atoms with Gasteiger partial charge in [0, 0.05) is 17.1 Å². The van der Waals surface area contributed by atoms with Gasteiger partial charge in [0.1, 0.15) is 0 Å². The number of hydrogen-bond acceptors (Lipinski definition) is 2. The van der Waals surface area contributed by atoms with Gasteiger partial charge < -0.3 is 10.2 Å². The smallest absolute Gasteiger partial charge is 0.0447 e. The minimum atomic E-state index is 0.440. The van der Waals surface area contributed by atoms with Crippen LogP contribution in [0.4, 0.5) is 0 Å². The monoisotopic (exact) mass is 282 g/mol. The number of likely N-dealkylation sites (tertiary alicyclic amines) is 1. The maximum atomic E-state index is 3.53. The topological polar surface area (TPSA) is 15.3 Å². The van der Waals surface area contributed by atoms with Crippen molar-refractivity contribution in [3.8, 4) is 0 Å². The van der Waals surface area contributed by atoms with Crippen LogP contribution in [0.3, 0.4) is 0 Å². The van der Waals surface area contributed by atoms with Gasteiger partial charge in [0.2, 0.25) is 0 Å². The van der Waals surface area contributed by atoms with Crippen molar-refractivity contribution in [1.82, 2.24) is 10.2 Å². The molecule has 1 N–H and O–H groups in total. The molecule has 3 heteroatoms. The lowest BCUT2D eigenvalue weighted by Crippen LogP contribution is -2.31. The fourth-order valence-corrected chi connectivity index (χ4v) is 2.73. The van der Waals surface area contributed by atoms with Crippen LogP contribution in [0.15, 0.2) is 28.7 Å². The van der Waals surface area contributed by atoms with Crippen molar-refractivity contribution < 1.29 is 0 Å². The number of benzene rings is 1. The van der Waals surface area contributed by atoms with E-state index in [1.54, 1.807) is 0 Å². The van der Waals surface area contributed by atoms with E-state index in [-0.39, 0.29) is 0 Å². The average molecular weight is 283 g/mol. The van der Waals surface area contributed by atoms with Gasteiger partial charge in [-0.15, -0.1) is 0 Å². The molecular weight excluding hydrogens is 264 g/mol. The molecule has 0 unspecified atom stereocenters. The molecule has 1 saturated heterocycles. The molecular formula is C13H19BrN2. The summed E-state index contributed by atoms with van der Waals surface area (Å²) < 4.78 is 1.16. The number of nitrogens with zero attached hydrogens (tertiary/aromatic N) is 1.